The highest BCUT2D eigenvalue weighted by Gasteiger charge is 2.23. The van der Waals surface area contributed by atoms with Crippen molar-refractivity contribution in [2.75, 3.05) is 0 Å². The van der Waals surface area contributed by atoms with E-state index in [2.05, 4.69) is 43.0 Å². The van der Waals surface area contributed by atoms with Crippen molar-refractivity contribution in [1.29, 1.82) is 0 Å². The standard InChI is InChI=1S/C28H51O3P/c1-20(12-8-16-28(6,31)17-9-13-22(3)19-29)10-7-11-21(2)14-15-25-18-26(30)23(4)24(5)27(25)32/h18-23,26,30-31H,7-17,32H2,1-6H3. The number of carbonyl (C=O) groups is 1. The number of aldehydes is 1. The summed E-state index contributed by atoms with van der Waals surface area (Å²) >= 11 is 0. The molecule has 0 spiro atoms. The molecule has 0 saturated heterocycles. The largest absolute Gasteiger partial charge is 0.390 e. The van der Waals surface area contributed by atoms with Gasteiger partial charge >= 0.3 is 0 Å². The minimum Gasteiger partial charge on any atom is -0.390 e. The quantitative estimate of drug-likeness (QED) is 0.186. The van der Waals surface area contributed by atoms with Crippen molar-refractivity contribution in [3.05, 3.63) is 22.5 Å². The van der Waals surface area contributed by atoms with Crippen LogP contribution in [0.4, 0.5) is 0 Å². The summed E-state index contributed by atoms with van der Waals surface area (Å²) in [6.45, 7) is 12.8. The first kappa shape index (κ1) is 29.5. The van der Waals surface area contributed by atoms with E-state index in [0.717, 1.165) is 44.8 Å². The Hall–Kier alpha value is -0.500. The molecule has 7 atom stereocenters. The van der Waals surface area contributed by atoms with E-state index < -0.39 is 5.60 Å². The van der Waals surface area contributed by atoms with Crippen LogP contribution in [-0.4, -0.2) is 28.2 Å². The molecule has 1 rings (SSSR count). The molecule has 0 radical (unpaired) electrons. The van der Waals surface area contributed by atoms with Gasteiger partial charge in [0.1, 0.15) is 6.29 Å². The van der Waals surface area contributed by atoms with E-state index in [0.29, 0.717) is 11.8 Å². The van der Waals surface area contributed by atoms with Gasteiger partial charge in [-0.15, -0.1) is 9.24 Å². The summed E-state index contributed by atoms with van der Waals surface area (Å²) in [5.74, 6) is 1.73. The van der Waals surface area contributed by atoms with Gasteiger partial charge in [0.2, 0.25) is 0 Å². The SMILES string of the molecule is CC1=C(P)C(CCC(C)CCCC(C)CCCC(C)(O)CCCC(C)C=O)=CC(O)C1C. The van der Waals surface area contributed by atoms with Crippen LogP contribution in [0, 0.1) is 23.7 Å². The van der Waals surface area contributed by atoms with E-state index in [-0.39, 0.29) is 17.9 Å². The molecule has 0 bridgehead atoms. The predicted octanol–water partition coefficient (Wildman–Crippen LogP) is 7.22. The topological polar surface area (TPSA) is 57.5 Å². The van der Waals surface area contributed by atoms with Gasteiger partial charge in [0.25, 0.3) is 0 Å². The number of hydrogen-bond acceptors (Lipinski definition) is 3. The van der Waals surface area contributed by atoms with E-state index in [1.807, 2.05) is 13.8 Å². The molecule has 0 aliphatic heterocycles. The van der Waals surface area contributed by atoms with Gasteiger partial charge in [-0.3, -0.25) is 0 Å². The van der Waals surface area contributed by atoms with Crippen LogP contribution in [0.3, 0.4) is 0 Å². The van der Waals surface area contributed by atoms with Gasteiger partial charge in [0, 0.05) is 11.8 Å². The summed E-state index contributed by atoms with van der Waals surface area (Å²) in [6, 6.07) is 0. The molecule has 3 nitrogen and oxygen atoms in total. The number of hydrogen-bond donors (Lipinski definition) is 2. The summed E-state index contributed by atoms with van der Waals surface area (Å²) in [5.41, 5.74) is 2.01. The van der Waals surface area contributed by atoms with Crippen LogP contribution in [0.5, 0.6) is 0 Å². The second kappa shape index (κ2) is 14.7. The highest BCUT2D eigenvalue weighted by molar-refractivity contribution is 7.23. The van der Waals surface area contributed by atoms with Crippen LogP contribution in [0.15, 0.2) is 22.5 Å². The average molecular weight is 467 g/mol. The highest BCUT2D eigenvalue weighted by atomic mass is 31.0. The smallest absolute Gasteiger partial charge is 0.122 e. The number of carbonyl (C=O) groups excluding carboxylic acids is 1. The number of allylic oxidation sites excluding steroid dienone is 2. The zero-order valence-corrected chi connectivity index (χ0v) is 22.9. The Bertz CT molecular complexity index is 622. The third-order valence-corrected chi connectivity index (χ3v) is 8.48. The molecule has 0 aromatic heterocycles. The van der Waals surface area contributed by atoms with Crippen molar-refractivity contribution in [1.82, 2.24) is 0 Å². The molecule has 0 amide bonds. The van der Waals surface area contributed by atoms with Crippen LogP contribution in [0.1, 0.15) is 112 Å². The Balaban J connectivity index is 2.20. The number of aliphatic hydroxyl groups is 2. The molecule has 32 heavy (non-hydrogen) atoms. The van der Waals surface area contributed by atoms with Gasteiger partial charge in [-0.2, -0.15) is 0 Å². The lowest BCUT2D eigenvalue weighted by Crippen LogP contribution is -2.24. The Labute approximate surface area is 200 Å². The van der Waals surface area contributed by atoms with Crippen molar-refractivity contribution >= 4 is 15.5 Å². The maximum absolute atomic E-state index is 10.7. The summed E-state index contributed by atoms with van der Waals surface area (Å²) in [6.07, 6.45) is 14.4. The van der Waals surface area contributed by atoms with Crippen LogP contribution in [0.2, 0.25) is 0 Å². The highest BCUT2D eigenvalue weighted by Crippen LogP contribution is 2.36. The normalized spacial score (nSPS) is 24.0. The van der Waals surface area contributed by atoms with E-state index in [1.165, 1.54) is 48.6 Å². The monoisotopic (exact) mass is 466 g/mol. The van der Waals surface area contributed by atoms with Gasteiger partial charge < -0.3 is 15.0 Å². The lowest BCUT2D eigenvalue weighted by Gasteiger charge is -2.27. The molecule has 0 saturated carbocycles. The summed E-state index contributed by atoms with van der Waals surface area (Å²) in [7, 11) is 2.89. The summed E-state index contributed by atoms with van der Waals surface area (Å²) < 4.78 is 0. The molecule has 0 heterocycles. The third kappa shape index (κ3) is 11.1. The maximum atomic E-state index is 10.7. The zero-order valence-electron chi connectivity index (χ0n) is 21.7. The Kier molecular flexibility index (Phi) is 13.6. The van der Waals surface area contributed by atoms with Crippen molar-refractivity contribution in [3.63, 3.8) is 0 Å². The molecule has 4 heteroatoms. The van der Waals surface area contributed by atoms with Crippen molar-refractivity contribution in [2.24, 2.45) is 23.7 Å². The molecule has 186 valence electrons. The second-order valence-corrected chi connectivity index (χ2v) is 11.7. The molecular weight excluding hydrogens is 415 g/mol. The molecule has 0 aromatic carbocycles. The van der Waals surface area contributed by atoms with E-state index >= 15 is 0 Å². The molecule has 1 aliphatic carbocycles. The fourth-order valence-electron chi connectivity index (χ4n) is 4.75. The van der Waals surface area contributed by atoms with Crippen LogP contribution >= 0.6 is 9.24 Å². The van der Waals surface area contributed by atoms with Gasteiger partial charge in [-0.05, 0) is 75.1 Å². The molecule has 7 unspecified atom stereocenters. The molecular formula is C28H51O3P. The second-order valence-electron chi connectivity index (χ2n) is 11.1. The molecule has 2 N–H and O–H groups in total. The van der Waals surface area contributed by atoms with E-state index in [1.54, 1.807) is 0 Å². The van der Waals surface area contributed by atoms with E-state index in [4.69, 9.17) is 0 Å². The van der Waals surface area contributed by atoms with Gasteiger partial charge in [-0.1, -0.05) is 71.4 Å². The van der Waals surface area contributed by atoms with Crippen molar-refractivity contribution < 1.29 is 15.0 Å². The lowest BCUT2D eigenvalue weighted by molar-refractivity contribution is -0.110. The predicted molar refractivity (Wildman–Crippen MR) is 141 cm³/mol. The fourth-order valence-corrected chi connectivity index (χ4v) is 5.25. The number of aliphatic hydroxyl groups excluding tert-OH is 1. The first-order valence-corrected chi connectivity index (χ1v) is 13.6. The van der Waals surface area contributed by atoms with Crippen molar-refractivity contribution in [2.45, 2.75) is 124 Å². The van der Waals surface area contributed by atoms with Crippen LogP contribution < -0.4 is 0 Å². The van der Waals surface area contributed by atoms with E-state index in [9.17, 15) is 15.0 Å². The van der Waals surface area contributed by atoms with Gasteiger partial charge in [0.15, 0.2) is 0 Å². The van der Waals surface area contributed by atoms with Crippen molar-refractivity contribution in [3.8, 4) is 0 Å². The number of rotatable bonds is 16. The Morgan fingerprint density at radius 2 is 1.56 bits per heavy atom. The molecule has 0 fully saturated rings. The van der Waals surface area contributed by atoms with Gasteiger partial charge in [-0.25, -0.2) is 0 Å². The fraction of sp³-hybridized carbons (Fsp3) is 0.821. The van der Waals surface area contributed by atoms with Gasteiger partial charge in [0.05, 0.1) is 11.7 Å². The minimum atomic E-state index is -0.598. The minimum absolute atomic E-state index is 0.103. The molecule has 1 aliphatic rings. The Morgan fingerprint density at radius 1 is 1.03 bits per heavy atom. The summed E-state index contributed by atoms with van der Waals surface area (Å²) in [4.78, 5) is 10.7. The third-order valence-electron chi connectivity index (χ3n) is 7.66. The zero-order chi connectivity index (χ0) is 24.3. The maximum Gasteiger partial charge on any atom is 0.122 e. The first-order chi connectivity index (χ1) is 15.0. The summed E-state index contributed by atoms with van der Waals surface area (Å²) in [5, 5.41) is 22.1. The molecule has 0 aromatic rings. The lowest BCUT2D eigenvalue weighted by atomic mass is 9.85. The first-order valence-electron chi connectivity index (χ1n) is 13.0. The van der Waals surface area contributed by atoms with Crippen LogP contribution in [0.25, 0.3) is 0 Å². The van der Waals surface area contributed by atoms with Crippen LogP contribution in [-0.2, 0) is 4.79 Å². The Morgan fingerprint density at radius 3 is 2.16 bits per heavy atom. The average Bonchev–Trinajstić information content (AvgIpc) is 2.73.